The average molecular weight is 239 g/mol. The fraction of sp³-hybridized carbons (Fsp3) is 0.615. The number of hydrogen-bond acceptors (Lipinski definition) is 2. The molecule has 1 saturated heterocycles. The number of halogens is 1. The van der Waals surface area contributed by atoms with Gasteiger partial charge in [-0.3, -0.25) is 4.90 Å². The highest BCUT2D eigenvalue weighted by atomic mass is 35.5. The minimum atomic E-state index is 0.532. The Bertz CT molecular complexity index is 376. The second-order valence-corrected chi connectivity index (χ2v) is 5.24. The molecule has 1 aliphatic heterocycles. The SMILES string of the molecule is Cc1cc(Cl)ncc1[C@H]1CCCN1C(C)C. The summed E-state index contributed by atoms with van der Waals surface area (Å²) in [6, 6.07) is 3.10. The van der Waals surface area contributed by atoms with Crippen LogP contribution in [0.2, 0.25) is 5.15 Å². The summed E-state index contributed by atoms with van der Waals surface area (Å²) < 4.78 is 0. The van der Waals surface area contributed by atoms with Gasteiger partial charge in [-0.25, -0.2) is 4.98 Å². The first kappa shape index (κ1) is 11.9. The zero-order valence-electron chi connectivity index (χ0n) is 10.2. The molecular weight excluding hydrogens is 220 g/mol. The lowest BCUT2D eigenvalue weighted by atomic mass is 10.0. The van der Waals surface area contributed by atoms with E-state index in [1.165, 1.54) is 30.5 Å². The van der Waals surface area contributed by atoms with Crippen molar-refractivity contribution in [2.45, 2.75) is 45.7 Å². The smallest absolute Gasteiger partial charge is 0.129 e. The molecule has 16 heavy (non-hydrogen) atoms. The molecule has 2 heterocycles. The maximum absolute atomic E-state index is 5.90. The van der Waals surface area contributed by atoms with Crippen LogP contribution in [0.25, 0.3) is 0 Å². The van der Waals surface area contributed by atoms with Gasteiger partial charge in [0, 0.05) is 18.3 Å². The van der Waals surface area contributed by atoms with Crippen LogP contribution in [0, 0.1) is 6.92 Å². The van der Waals surface area contributed by atoms with E-state index in [1.807, 2.05) is 12.3 Å². The molecule has 1 aliphatic rings. The van der Waals surface area contributed by atoms with Crippen molar-refractivity contribution in [1.29, 1.82) is 0 Å². The van der Waals surface area contributed by atoms with Crippen LogP contribution in [0.15, 0.2) is 12.3 Å². The third-order valence-electron chi connectivity index (χ3n) is 3.43. The van der Waals surface area contributed by atoms with Gasteiger partial charge < -0.3 is 0 Å². The van der Waals surface area contributed by atoms with Gasteiger partial charge in [0.1, 0.15) is 5.15 Å². The summed E-state index contributed by atoms with van der Waals surface area (Å²) in [6.07, 6.45) is 4.47. The van der Waals surface area contributed by atoms with E-state index in [0.717, 1.165) is 0 Å². The molecule has 0 spiro atoms. The molecule has 1 atom stereocenters. The van der Waals surface area contributed by atoms with Crippen LogP contribution in [0.4, 0.5) is 0 Å². The largest absolute Gasteiger partial charge is 0.294 e. The van der Waals surface area contributed by atoms with Crippen LogP contribution >= 0.6 is 11.6 Å². The van der Waals surface area contributed by atoms with E-state index in [1.54, 1.807) is 0 Å². The first-order chi connectivity index (χ1) is 7.59. The highest BCUT2D eigenvalue weighted by Gasteiger charge is 2.28. The van der Waals surface area contributed by atoms with Gasteiger partial charge in [0.25, 0.3) is 0 Å². The Morgan fingerprint density at radius 3 is 2.88 bits per heavy atom. The fourth-order valence-corrected chi connectivity index (χ4v) is 2.83. The summed E-state index contributed by atoms with van der Waals surface area (Å²) in [6.45, 7) is 7.85. The zero-order valence-corrected chi connectivity index (χ0v) is 11.0. The molecule has 88 valence electrons. The van der Waals surface area contributed by atoms with E-state index in [2.05, 4.69) is 30.7 Å². The lowest BCUT2D eigenvalue weighted by Gasteiger charge is -2.29. The zero-order chi connectivity index (χ0) is 11.7. The van der Waals surface area contributed by atoms with Crippen LogP contribution in [0.5, 0.6) is 0 Å². The predicted octanol–water partition coefficient (Wildman–Crippen LogP) is 3.59. The van der Waals surface area contributed by atoms with Crippen molar-refractivity contribution < 1.29 is 0 Å². The molecule has 0 radical (unpaired) electrons. The highest BCUT2D eigenvalue weighted by Crippen LogP contribution is 2.35. The van der Waals surface area contributed by atoms with Crippen molar-refractivity contribution in [2.24, 2.45) is 0 Å². The summed E-state index contributed by atoms with van der Waals surface area (Å²) in [5.41, 5.74) is 2.60. The predicted molar refractivity (Wildman–Crippen MR) is 67.8 cm³/mol. The molecule has 1 aromatic heterocycles. The summed E-state index contributed by atoms with van der Waals surface area (Å²) in [4.78, 5) is 6.77. The Labute approximate surface area is 103 Å². The summed E-state index contributed by atoms with van der Waals surface area (Å²) >= 11 is 5.90. The minimum Gasteiger partial charge on any atom is -0.294 e. The van der Waals surface area contributed by atoms with E-state index >= 15 is 0 Å². The Balaban J connectivity index is 2.29. The molecule has 1 fully saturated rings. The van der Waals surface area contributed by atoms with Gasteiger partial charge in [-0.15, -0.1) is 0 Å². The molecule has 3 heteroatoms. The minimum absolute atomic E-state index is 0.532. The molecule has 0 amide bonds. The quantitative estimate of drug-likeness (QED) is 0.732. The number of pyridine rings is 1. The van der Waals surface area contributed by atoms with Gasteiger partial charge in [0.2, 0.25) is 0 Å². The van der Waals surface area contributed by atoms with Gasteiger partial charge in [0.15, 0.2) is 0 Å². The number of aromatic nitrogens is 1. The van der Waals surface area contributed by atoms with Crippen LogP contribution in [0.1, 0.15) is 43.9 Å². The molecule has 0 unspecified atom stereocenters. The summed E-state index contributed by atoms with van der Waals surface area (Å²) in [7, 11) is 0. The Morgan fingerprint density at radius 1 is 1.50 bits per heavy atom. The lowest BCUT2D eigenvalue weighted by molar-refractivity contribution is 0.205. The highest BCUT2D eigenvalue weighted by molar-refractivity contribution is 6.29. The molecule has 2 rings (SSSR count). The number of nitrogens with zero attached hydrogens (tertiary/aromatic N) is 2. The Hall–Kier alpha value is -0.600. The second-order valence-electron chi connectivity index (χ2n) is 4.85. The van der Waals surface area contributed by atoms with Crippen LogP contribution in [0.3, 0.4) is 0 Å². The van der Waals surface area contributed by atoms with Gasteiger partial charge >= 0.3 is 0 Å². The van der Waals surface area contributed by atoms with Crippen molar-refractivity contribution >= 4 is 11.6 Å². The Morgan fingerprint density at radius 2 is 2.25 bits per heavy atom. The van der Waals surface area contributed by atoms with Gasteiger partial charge in [0.05, 0.1) is 0 Å². The standard InChI is InChI=1S/C13H19ClN2/c1-9(2)16-6-4-5-12(16)11-8-15-13(14)7-10(11)3/h7-9,12H,4-6H2,1-3H3/t12-/m1/s1. The normalized spacial score (nSPS) is 21.9. The number of rotatable bonds is 2. The second kappa shape index (κ2) is 4.72. The molecule has 0 aromatic carbocycles. The first-order valence-electron chi connectivity index (χ1n) is 5.97. The third kappa shape index (κ3) is 2.23. The maximum atomic E-state index is 5.90. The topological polar surface area (TPSA) is 16.1 Å². The van der Waals surface area contributed by atoms with Crippen molar-refractivity contribution in [3.63, 3.8) is 0 Å². The molecule has 0 N–H and O–H groups in total. The van der Waals surface area contributed by atoms with E-state index < -0.39 is 0 Å². The van der Waals surface area contributed by atoms with Gasteiger partial charge in [-0.05, 0) is 57.4 Å². The molecule has 0 bridgehead atoms. The monoisotopic (exact) mass is 238 g/mol. The van der Waals surface area contributed by atoms with Crippen LogP contribution < -0.4 is 0 Å². The fourth-order valence-electron chi connectivity index (χ4n) is 2.62. The van der Waals surface area contributed by atoms with E-state index in [-0.39, 0.29) is 0 Å². The van der Waals surface area contributed by atoms with Gasteiger partial charge in [-0.2, -0.15) is 0 Å². The summed E-state index contributed by atoms with van der Waals surface area (Å²) in [5.74, 6) is 0. The van der Waals surface area contributed by atoms with Gasteiger partial charge in [-0.1, -0.05) is 11.6 Å². The van der Waals surface area contributed by atoms with Crippen molar-refractivity contribution in [3.8, 4) is 0 Å². The lowest BCUT2D eigenvalue weighted by Crippen LogP contribution is -2.30. The summed E-state index contributed by atoms with van der Waals surface area (Å²) in [5, 5.41) is 0.593. The van der Waals surface area contributed by atoms with Crippen molar-refractivity contribution in [2.75, 3.05) is 6.54 Å². The molecule has 1 aromatic rings. The number of likely N-dealkylation sites (tertiary alicyclic amines) is 1. The van der Waals surface area contributed by atoms with Crippen LogP contribution in [-0.4, -0.2) is 22.5 Å². The number of aryl methyl sites for hydroxylation is 1. The Kier molecular flexibility index (Phi) is 3.50. The first-order valence-corrected chi connectivity index (χ1v) is 6.35. The van der Waals surface area contributed by atoms with Crippen molar-refractivity contribution in [3.05, 3.63) is 28.5 Å². The van der Waals surface area contributed by atoms with Crippen LogP contribution in [-0.2, 0) is 0 Å². The third-order valence-corrected chi connectivity index (χ3v) is 3.64. The van der Waals surface area contributed by atoms with E-state index in [4.69, 9.17) is 11.6 Å². The van der Waals surface area contributed by atoms with Crippen molar-refractivity contribution in [1.82, 2.24) is 9.88 Å². The number of hydrogen-bond donors (Lipinski definition) is 0. The average Bonchev–Trinajstić information content (AvgIpc) is 2.66. The molecule has 0 aliphatic carbocycles. The molecular formula is C13H19ClN2. The van der Waals surface area contributed by atoms with E-state index in [9.17, 15) is 0 Å². The molecule has 2 nitrogen and oxygen atoms in total. The maximum Gasteiger partial charge on any atom is 0.129 e. The molecule has 0 saturated carbocycles. The van der Waals surface area contributed by atoms with E-state index in [0.29, 0.717) is 17.2 Å².